The van der Waals surface area contributed by atoms with Crippen LogP contribution in [0.2, 0.25) is 0 Å². The van der Waals surface area contributed by atoms with Crippen LogP contribution in [0.15, 0.2) is 61.2 Å². The van der Waals surface area contributed by atoms with Gasteiger partial charge < -0.3 is 14.2 Å². The Kier molecular flexibility index (Phi) is 6.20. The van der Waals surface area contributed by atoms with Gasteiger partial charge in [-0.2, -0.15) is 0 Å². The number of carbonyl (C=O) groups excluding carboxylic acids is 1. The highest BCUT2D eigenvalue weighted by Crippen LogP contribution is 2.25. The lowest BCUT2D eigenvalue weighted by atomic mass is 10.1. The molecule has 4 heteroatoms. The zero-order valence-electron chi connectivity index (χ0n) is 13.8. The van der Waals surface area contributed by atoms with Gasteiger partial charge in [0.15, 0.2) is 5.78 Å². The molecule has 0 aliphatic carbocycles. The molecule has 0 amide bonds. The number of ether oxygens (including phenoxy) is 3. The summed E-state index contributed by atoms with van der Waals surface area (Å²) in [5.41, 5.74) is 1.32. The minimum absolute atomic E-state index is 0.164. The Morgan fingerprint density at radius 2 is 1.92 bits per heavy atom. The summed E-state index contributed by atoms with van der Waals surface area (Å²) in [6.45, 7) is 4.05. The Labute approximate surface area is 142 Å². The zero-order chi connectivity index (χ0) is 17.4. The predicted molar refractivity (Wildman–Crippen MR) is 95.0 cm³/mol. The minimum atomic E-state index is -0.164. The Balaban J connectivity index is 2.20. The van der Waals surface area contributed by atoms with Crippen LogP contribution in [0.4, 0.5) is 0 Å². The van der Waals surface area contributed by atoms with Crippen molar-refractivity contribution in [1.29, 1.82) is 0 Å². The first-order valence-corrected chi connectivity index (χ1v) is 7.46. The molecule has 0 fully saturated rings. The standard InChI is InChI=1S/C20H20O4/c1-4-12-24-17-7-5-6-15(13-17)8-10-19(21)18-14-16(22-2)9-11-20(18)23-3/h4-11,13-14H,1,12H2,2-3H3/b10-8+. The second-order valence-corrected chi connectivity index (χ2v) is 4.94. The molecule has 0 aliphatic rings. The molecule has 0 saturated carbocycles. The van der Waals surface area contributed by atoms with E-state index in [1.54, 1.807) is 37.5 Å². The lowest BCUT2D eigenvalue weighted by Crippen LogP contribution is -1.99. The maximum absolute atomic E-state index is 12.5. The number of hydrogen-bond donors (Lipinski definition) is 0. The second-order valence-electron chi connectivity index (χ2n) is 4.94. The van der Waals surface area contributed by atoms with Crippen LogP contribution in [-0.4, -0.2) is 26.6 Å². The molecule has 2 aromatic carbocycles. The van der Waals surface area contributed by atoms with E-state index in [1.807, 2.05) is 24.3 Å². The van der Waals surface area contributed by atoms with Crippen molar-refractivity contribution < 1.29 is 19.0 Å². The number of benzene rings is 2. The van der Waals surface area contributed by atoms with Gasteiger partial charge in [0, 0.05) is 0 Å². The normalized spacial score (nSPS) is 10.4. The number of carbonyl (C=O) groups is 1. The average Bonchev–Trinajstić information content (AvgIpc) is 2.64. The van der Waals surface area contributed by atoms with Crippen LogP contribution in [-0.2, 0) is 0 Å². The van der Waals surface area contributed by atoms with Gasteiger partial charge in [0.25, 0.3) is 0 Å². The second kappa shape index (κ2) is 8.58. The first kappa shape index (κ1) is 17.3. The number of allylic oxidation sites excluding steroid dienone is 1. The van der Waals surface area contributed by atoms with E-state index in [4.69, 9.17) is 14.2 Å². The Morgan fingerprint density at radius 1 is 1.08 bits per heavy atom. The van der Waals surface area contributed by atoms with E-state index in [-0.39, 0.29) is 5.78 Å². The van der Waals surface area contributed by atoms with Crippen LogP contribution in [0, 0.1) is 0 Å². The molecule has 0 saturated heterocycles. The van der Waals surface area contributed by atoms with Gasteiger partial charge in [-0.1, -0.05) is 30.9 Å². The topological polar surface area (TPSA) is 44.8 Å². The third kappa shape index (κ3) is 4.49. The highest BCUT2D eigenvalue weighted by Gasteiger charge is 2.11. The first-order valence-electron chi connectivity index (χ1n) is 7.46. The van der Waals surface area contributed by atoms with Gasteiger partial charge in [-0.25, -0.2) is 0 Å². The van der Waals surface area contributed by atoms with Crippen molar-refractivity contribution >= 4 is 11.9 Å². The molecule has 0 heterocycles. The number of methoxy groups -OCH3 is 2. The van der Waals surface area contributed by atoms with Crippen LogP contribution in [0.5, 0.6) is 17.2 Å². The largest absolute Gasteiger partial charge is 0.497 e. The molecule has 0 N–H and O–H groups in total. The fourth-order valence-electron chi connectivity index (χ4n) is 2.13. The van der Waals surface area contributed by atoms with E-state index < -0.39 is 0 Å². The van der Waals surface area contributed by atoms with Gasteiger partial charge in [0.05, 0.1) is 19.8 Å². The smallest absolute Gasteiger partial charge is 0.189 e. The molecule has 124 valence electrons. The van der Waals surface area contributed by atoms with Gasteiger partial charge in [0.1, 0.15) is 23.9 Å². The SMILES string of the molecule is C=CCOc1cccc(/C=C/C(=O)c2cc(OC)ccc2OC)c1. The third-order valence-electron chi connectivity index (χ3n) is 3.33. The van der Waals surface area contributed by atoms with Crippen LogP contribution >= 0.6 is 0 Å². The highest BCUT2D eigenvalue weighted by atomic mass is 16.5. The maximum Gasteiger partial charge on any atom is 0.189 e. The maximum atomic E-state index is 12.5. The summed E-state index contributed by atoms with van der Waals surface area (Å²) in [6.07, 6.45) is 4.92. The monoisotopic (exact) mass is 324 g/mol. The van der Waals surface area contributed by atoms with Gasteiger partial charge in [-0.15, -0.1) is 0 Å². The average molecular weight is 324 g/mol. The highest BCUT2D eigenvalue weighted by molar-refractivity contribution is 6.08. The van der Waals surface area contributed by atoms with Crippen molar-refractivity contribution in [3.8, 4) is 17.2 Å². The molecule has 0 unspecified atom stereocenters. The summed E-state index contributed by atoms with van der Waals surface area (Å²) in [6, 6.07) is 12.6. The van der Waals surface area contributed by atoms with Crippen molar-refractivity contribution in [2.75, 3.05) is 20.8 Å². The molecule has 0 spiro atoms. The fourth-order valence-corrected chi connectivity index (χ4v) is 2.13. The summed E-state index contributed by atoms with van der Waals surface area (Å²) >= 11 is 0. The zero-order valence-corrected chi connectivity index (χ0v) is 13.8. The van der Waals surface area contributed by atoms with Crippen molar-refractivity contribution in [1.82, 2.24) is 0 Å². The first-order chi connectivity index (χ1) is 11.7. The lowest BCUT2D eigenvalue weighted by molar-refractivity contribution is 0.104. The molecule has 4 nitrogen and oxygen atoms in total. The molecule has 24 heavy (non-hydrogen) atoms. The van der Waals surface area contributed by atoms with E-state index in [1.165, 1.54) is 13.2 Å². The Morgan fingerprint density at radius 3 is 2.62 bits per heavy atom. The number of ketones is 1. The minimum Gasteiger partial charge on any atom is -0.497 e. The predicted octanol–water partition coefficient (Wildman–Crippen LogP) is 4.16. The summed E-state index contributed by atoms with van der Waals surface area (Å²) in [5.74, 6) is 1.67. The molecule has 0 aliphatic heterocycles. The summed E-state index contributed by atoms with van der Waals surface area (Å²) in [7, 11) is 3.09. The van der Waals surface area contributed by atoms with E-state index >= 15 is 0 Å². The lowest BCUT2D eigenvalue weighted by Gasteiger charge is -2.08. The molecule has 0 radical (unpaired) electrons. The Bertz CT molecular complexity index is 747. The number of rotatable bonds is 8. The van der Waals surface area contributed by atoms with Crippen LogP contribution in [0.3, 0.4) is 0 Å². The molecular formula is C20H20O4. The van der Waals surface area contributed by atoms with Gasteiger partial charge in [-0.3, -0.25) is 4.79 Å². The molecule has 0 bridgehead atoms. The molecule has 0 aromatic heterocycles. The molecule has 2 aromatic rings. The van der Waals surface area contributed by atoms with Crippen molar-refractivity contribution in [3.63, 3.8) is 0 Å². The number of hydrogen-bond acceptors (Lipinski definition) is 4. The summed E-state index contributed by atoms with van der Waals surface area (Å²) in [5, 5.41) is 0. The van der Waals surface area contributed by atoms with Gasteiger partial charge in [-0.05, 0) is 42.0 Å². The molecule has 2 rings (SSSR count). The van der Waals surface area contributed by atoms with E-state index in [0.717, 1.165) is 11.3 Å². The van der Waals surface area contributed by atoms with Gasteiger partial charge in [0.2, 0.25) is 0 Å². The van der Waals surface area contributed by atoms with Crippen LogP contribution in [0.25, 0.3) is 6.08 Å². The van der Waals surface area contributed by atoms with E-state index in [0.29, 0.717) is 23.7 Å². The van der Waals surface area contributed by atoms with Crippen LogP contribution < -0.4 is 14.2 Å². The summed E-state index contributed by atoms with van der Waals surface area (Å²) in [4.78, 5) is 12.5. The Hall–Kier alpha value is -3.01. The van der Waals surface area contributed by atoms with Crippen LogP contribution in [0.1, 0.15) is 15.9 Å². The van der Waals surface area contributed by atoms with Crippen molar-refractivity contribution in [2.24, 2.45) is 0 Å². The van der Waals surface area contributed by atoms with E-state index in [9.17, 15) is 4.79 Å². The van der Waals surface area contributed by atoms with E-state index in [2.05, 4.69) is 6.58 Å². The molecule has 0 atom stereocenters. The summed E-state index contributed by atoms with van der Waals surface area (Å²) < 4.78 is 15.9. The van der Waals surface area contributed by atoms with Crippen molar-refractivity contribution in [2.45, 2.75) is 0 Å². The quantitative estimate of drug-likeness (QED) is 0.415. The fraction of sp³-hybridized carbons (Fsp3) is 0.150. The van der Waals surface area contributed by atoms with Crippen molar-refractivity contribution in [3.05, 3.63) is 72.3 Å². The van der Waals surface area contributed by atoms with Gasteiger partial charge >= 0.3 is 0 Å². The molecular weight excluding hydrogens is 304 g/mol. The third-order valence-corrected chi connectivity index (χ3v) is 3.33.